The van der Waals surface area contributed by atoms with Crippen molar-refractivity contribution in [2.45, 2.75) is 6.92 Å². The van der Waals surface area contributed by atoms with Crippen molar-refractivity contribution in [3.63, 3.8) is 0 Å². The number of H-pyrrole nitrogens is 2. The lowest BCUT2D eigenvalue weighted by Gasteiger charge is -2.03. The molecule has 2 aromatic heterocycles. The van der Waals surface area contributed by atoms with Crippen LogP contribution in [0, 0.1) is 6.92 Å². The molecule has 3 aromatic rings. The van der Waals surface area contributed by atoms with E-state index in [1.807, 2.05) is 32.2 Å². The molecule has 0 atom stereocenters. The average Bonchev–Trinajstić information content (AvgIpc) is 2.78. The van der Waals surface area contributed by atoms with Crippen molar-refractivity contribution in [1.82, 2.24) is 19.7 Å². The maximum absolute atomic E-state index is 11.2. The Hall–Kier alpha value is -2.50. The summed E-state index contributed by atoms with van der Waals surface area (Å²) in [5, 5.41) is 4.19. The lowest BCUT2D eigenvalue weighted by Crippen LogP contribution is -1.99. The zero-order valence-corrected chi connectivity index (χ0v) is 10.1. The molecule has 6 heteroatoms. The summed E-state index contributed by atoms with van der Waals surface area (Å²) >= 11 is 0. The number of nitrogens with one attached hydrogen (secondary N) is 2. The number of imidazole rings is 1. The van der Waals surface area contributed by atoms with E-state index in [9.17, 15) is 4.79 Å². The second-order valence-corrected chi connectivity index (χ2v) is 4.32. The third-order valence-electron chi connectivity index (χ3n) is 3.11. The number of hydrogen-bond donors (Lipinski definition) is 3. The minimum absolute atomic E-state index is 0.205. The van der Waals surface area contributed by atoms with Crippen LogP contribution < -0.4 is 11.4 Å². The summed E-state index contributed by atoms with van der Waals surface area (Å²) in [6.07, 6.45) is 0. The summed E-state index contributed by atoms with van der Waals surface area (Å²) in [4.78, 5) is 16.7. The van der Waals surface area contributed by atoms with Gasteiger partial charge in [-0.2, -0.15) is 5.10 Å². The maximum atomic E-state index is 11.2. The number of benzene rings is 1. The van der Waals surface area contributed by atoms with Gasteiger partial charge in [0.25, 0.3) is 0 Å². The van der Waals surface area contributed by atoms with Crippen molar-refractivity contribution in [2.24, 2.45) is 7.05 Å². The smallest absolute Gasteiger partial charge is 0.323 e. The minimum atomic E-state index is -0.205. The van der Waals surface area contributed by atoms with E-state index < -0.39 is 0 Å². The normalized spacial score (nSPS) is 11.2. The molecule has 0 fully saturated rings. The second-order valence-electron chi connectivity index (χ2n) is 4.32. The third kappa shape index (κ3) is 1.42. The fourth-order valence-corrected chi connectivity index (χ4v) is 2.23. The van der Waals surface area contributed by atoms with Gasteiger partial charge in [-0.15, -0.1) is 0 Å². The van der Waals surface area contributed by atoms with Crippen molar-refractivity contribution in [1.29, 1.82) is 0 Å². The van der Waals surface area contributed by atoms with Crippen LogP contribution in [0.3, 0.4) is 0 Å². The van der Waals surface area contributed by atoms with Crippen molar-refractivity contribution in [3.8, 4) is 11.3 Å². The summed E-state index contributed by atoms with van der Waals surface area (Å²) in [5.74, 6) is 0.523. The largest absolute Gasteiger partial charge is 0.382 e. The third-order valence-corrected chi connectivity index (χ3v) is 3.11. The van der Waals surface area contributed by atoms with Crippen molar-refractivity contribution >= 4 is 16.9 Å². The Morgan fingerprint density at radius 1 is 1.28 bits per heavy atom. The molecule has 0 radical (unpaired) electrons. The Kier molecular flexibility index (Phi) is 2.07. The Morgan fingerprint density at radius 2 is 2.00 bits per heavy atom. The SMILES string of the molecule is Cc1c(N)nn(C)c1-c1ccc2[nH]c(=O)[nH]c2c1. The van der Waals surface area contributed by atoms with Gasteiger partial charge >= 0.3 is 5.69 Å². The fourth-order valence-electron chi connectivity index (χ4n) is 2.23. The minimum Gasteiger partial charge on any atom is -0.382 e. The molecular weight excluding hydrogens is 230 g/mol. The Labute approximate surface area is 102 Å². The Balaban J connectivity index is 2.28. The molecule has 0 saturated heterocycles. The molecule has 18 heavy (non-hydrogen) atoms. The van der Waals surface area contributed by atoms with E-state index in [1.165, 1.54) is 0 Å². The first-order chi connectivity index (χ1) is 8.56. The molecule has 0 aliphatic rings. The lowest BCUT2D eigenvalue weighted by atomic mass is 10.1. The van der Waals surface area contributed by atoms with Gasteiger partial charge in [-0.3, -0.25) is 4.68 Å². The van der Waals surface area contributed by atoms with Crippen molar-refractivity contribution in [3.05, 3.63) is 34.2 Å². The van der Waals surface area contributed by atoms with Crippen molar-refractivity contribution in [2.75, 3.05) is 5.73 Å². The molecule has 4 N–H and O–H groups in total. The highest BCUT2D eigenvalue weighted by Crippen LogP contribution is 2.27. The molecule has 6 nitrogen and oxygen atoms in total. The monoisotopic (exact) mass is 243 g/mol. The summed E-state index contributed by atoms with van der Waals surface area (Å²) < 4.78 is 1.75. The number of nitrogen functional groups attached to an aromatic ring is 1. The van der Waals surface area contributed by atoms with Crippen LogP contribution in [0.2, 0.25) is 0 Å². The Bertz CT molecular complexity index is 793. The number of aromatic nitrogens is 4. The number of anilines is 1. The van der Waals surface area contributed by atoms with Crippen LogP contribution in [-0.2, 0) is 7.05 Å². The molecule has 0 amide bonds. The average molecular weight is 243 g/mol. The topological polar surface area (TPSA) is 92.5 Å². The molecule has 0 bridgehead atoms. The highest BCUT2D eigenvalue weighted by atomic mass is 16.1. The molecule has 2 heterocycles. The van der Waals surface area contributed by atoms with Gasteiger partial charge in [-0.1, -0.05) is 6.07 Å². The lowest BCUT2D eigenvalue weighted by molar-refractivity contribution is 0.780. The Morgan fingerprint density at radius 3 is 2.67 bits per heavy atom. The van der Waals surface area contributed by atoms with E-state index in [0.29, 0.717) is 5.82 Å². The molecule has 3 rings (SSSR count). The summed E-state index contributed by atoms with van der Waals surface area (Å²) in [7, 11) is 1.85. The molecule has 0 spiro atoms. The van der Waals surface area contributed by atoms with Crippen LogP contribution in [0.25, 0.3) is 22.3 Å². The van der Waals surface area contributed by atoms with Crippen LogP contribution in [0.4, 0.5) is 5.82 Å². The first kappa shape index (κ1) is 10.6. The summed E-state index contributed by atoms with van der Waals surface area (Å²) in [6.45, 7) is 1.93. The van der Waals surface area contributed by atoms with Gasteiger partial charge in [0.05, 0.1) is 16.7 Å². The molecule has 1 aromatic carbocycles. The van der Waals surface area contributed by atoms with Gasteiger partial charge in [0.15, 0.2) is 0 Å². The maximum Gasteiger partial charge on any atom is 0.323 e. The predicted octanol–water partition coefficient (Wildman–Crippen LogP) is 1.15. The van der Waals surface area contributed by atoms with Gasteiger partial charge in [0.1, 0.15) is 5.82 Å². The van der Waals surface area contributed by atoms with Gasteiger partial charge in [0.2, 0.25) is 0 Å². The fraction of sp³-hybridized carbons (Fsp3) is 0.167. The molecule has 0 aliphatic carbocycles. The number of nitrogens with zero attached hydrogens (tertiary/aromatic N) is 2. The molecule has 0 aliphatic heterocycles. The standard InChI is InChI=1S/C12H13N5O/c1-6-10(17(2)16-11(6)13)7-3-4-8-9(5-7)15-12(18)14-8/h3-5H,1-2H3,(H2,13,16)(H2,14,15,18). The molecular formula is C12H13N5O. The highest BCUT2D eigenvalue weighted by Gasteiger charge is 2.12. The van der Waals surface area contributed by atoms with E-state index in [4.69, 9.17) is 5.73 Å². The number of aromatic amines is 2. The number of aryl methyl sites for hydroxylation is 1. The van der Waals surface area contributed by atoms with E-state index in [1.54, 1.807) is 4.68 Å². The zero-order valence-electron chi connectivity index (χ0n) is 10.1. The van der Waals surface area contributed by atoms with E-state index >= 15 is 0 Å². The van der Waals surface area contributed by atoms with Crippen LogP contribution in [0.1, 0.15) is 5.56 Å². The first-order valence-corrected chi connectivity index (χ1v) is 5.58. The summed E-state index contributed by atoms with van der Waals surface area (Å²) in [6, 6.07) is 5.72. The van der Waals surface area contributed by atoms with Crippen LogP contribution in [0.5, 0.6) is 0 Å². The number of nitrogens with two attached hydrogens (primary N) is 1. The van der Waals surface area contributed by atoms with Gasteiger partial charge in [0, 0.05) is 18.2 Å². The number of fused-ring (bicyclic) bond motifs is 1. The van der Waals surface area contributed by atoms with E-state index in [2.05, 4.69) is 15.1 Å². The van der Waals surface area contributed by atoms with E-state index in [-0.39, 0.29) is 5.69 Å². The molecule has 92 valence electrons. The zero-order chi connectivity index (χ0) is 12.9. The quantitative estimate of drug-likeness (QED) is 0.598. The second kappa shape index (κ2) is 3.49. The van der Waals surface area contributed by atoms with Gasteiger partial charge in [-0.05, 0) is 19.1 Å². The molecule has 0 unspecified atom stereocenters. The molecule has 0 saturated carbocycles. The predicted molar refractivity (Wildman–Crippen MR) is 70.3 cm³/mol. The first-order valence-electron chi connectivity index (χ1n) is 5.58. The highest BCUT2D eigenvalue weighted by molar-refractivity contribution is 5.82. The van der Waals surface area contributed by atoms with E-state index in [0.717, 1.165) is 27.9 Å². The number of hydrogen-bond acceptors (Lipinski definition) is 3. The van der Waals surface area contributed by atoms with Gasteiger partial charge < -0.3 is 15.7 Å². The number of rotatable bonds is 1. The summed E-state index contributed by atoms with van der Waals surface area (Å²) in [5.41, 5.74) is 10.0. The van der Waals surface area contributed by atoms with Crippen LogP contribution >= 0.6 is 0 Å². The van der Waals surface area contributed by atoms with Crippen molar-refractivity contribution < 1.29 is 0 Å². The van der Waals surface area contributed by atoms with Gasteiger partial charge in [-0.25, -0.2) is 4.79 Å². The van der Waals surface area contributed by atoms with Crippen LogP contribution in [-0.4, -0.2) is 19.7 Å². The van der Waals surface area contributed by atoms with Crippen LogP contribution in [0.15, 0.2) is 23.0 Å².